The van der Waals surface area contributed by atoms with Crippen LogP contribution >= 0.6 is 0 Å². The number of hydrogen-bond acceptors (Lipinski definition) is 8. The molecule has 4 fully saturated rings. The van der Waals surface area contributed by atoms with Gasteiger partial charge in [-0.3, -0.25) is 4.90 Å². The van der Waals surface area contributed by atoms with Gasteiger partial charge in [-0.25, -0.2) is 13.2 Å². The van der Waals surface area contributed by atoms with Gasteiger partial charge in [0.25, 0.3) is 0 Å². The van der Waals surface area contributed by atoms with Crippen molar-refractivity contribution in [2.45, 2.75) is 56.7 Å². The Labute approximate surface area is 270 Å². The first kappa shape index (κ1) is 30.2. The summed E-state index contributed by atoms with van der Waals surface area (Å²) in [5.74, 6) is -0.156. The maximum absolute atomic E-state index is 16.9. The van der Waals surface area contributed by atoms with Crippen LogP contribution in [0.3, 0.4) is 0 Å². The minimum absolute atomic E-state index is 0.00865. The highest BCUT2D eigenvalue weighted by Gasteiger charge is 2.47. The van der Waals surface area contributed by atoms with E-state index >= 15 is 8.78 Å². The Morgan fingerprint density at radius 1 is 1.06 bits per heavy atom. The second kappa shape index (κ2) is 11.0. The molecule has 4 heterocycles. The molecule has 1 saturated carbocycles. The summed E-state index contributed by atoms with van der Waals surface area (Å²) in [6.45, 7) is 5.59. The normalized spacial score (nSPS) is 25.1. The third kappa shape index (κ3) is 5.42. The lowest BCUT2D eigenvalue weighted by atomic mass is 9.92. The Bertz CT molecular complexity index is 1960. The van der Waals surface area contributed by atoms with Crippen molar-refractivity contribution >= 4 is 27.5 Å². The number of terminal acetylenes is 1. The Balaban J connectivity index is 1.23. The number of aromatic hydroxyl groups is 1. The number of benzene rings is 3. The minimum Gasteiger partial charge on any atom is -0.508 e. The van der Waals surface area contributed by atoms with Crippen molar-refractivity contribution < 1.29 is 28.1 Å². The number of nitrogens with one attached hydrogen (secondary N) is 1. The van der Waals surface area contributed by atoms with Crippen LogP contribution in [-0.4, -0.2) is 82.1 Å². The fraction of sp³-hybridized carbons (Fsp3) is 0.444. The van der Waals surface area contributed by atoms with E-state index in [0.29, 0.717) is 37.4 Å². The van der Waals surface area contributed by atoms with Crippen LogP contribution in [-0.2, 0) is 0 Å². The summed E-state index contributed by atoms with van der Waals surface area (Å²) in [6, 6.07) is 6.81. The molecule has 3 aromatic carbocycles. The second-order valence-electron chi connectivity index (χ2n) is 14.2. The molecule has 4 aromatic rings. The number of nitrogens with zero attached hydrogens (tertiary/aromatic N) is 4. The number of aromatic nitrogens is 2. The minimum atomic E-state index is -0.980. The molecule has 8 nitrogen and oxygen atoms in total. The summed E-state index contributed by atoms with van der Waals surface area (Å²) in [4.78, 5) is 13.6. The van der Waals surface area contributed by atoms with Crippen LogP contribution in [0.1, 0.15) is 44.6 Å². The molecule has 0 radical (unpaired) electrons. The van der Waals surface area contributed by atoms with E-state index in [2.05, 4.69) is 21.1 Å². The van der Waals surface area contributed by atoms with Gasteiger partial charge in [0.15, 0.2) is 5.82 Å². The first-order valence-electron chi connectivity index (χ1n) is 16.2. The highest BCUT2D eigenvalue weighted by molar-refractivity contribution is 6.04. The van der Waals surface area contributed by atoms with E-state index in [1.165, 1.54) is 24.3 Å². The molecule has 11 heteroatoms. The van der Waals surface area contributed by atoms with Gasteiger partial charge in [-0.05, 0) is 68.7 Å². The third-order valence-corrected chi connectivity index (χ3v) is 10.4. The number of piperazine rings is 1. The number of hydrogen-bond donors (Lipinski definition) is 3. The van der Waals surface area contributed by atoms with Gasteiger partial charge in [0, 0.05) is 66.6 Å². The van der Waals surface area contributed by atoms with Crippen LogP contribution in [0.15, 0.2) is 30.3 Å². The van der Waals surface area contributed by atoms with Gasteiger partial charge in [0.1, 0.15) is 28.7 Å². The molecule has 2 bridgehead atoms. The van der Waals surface area contributed by atoms with Gasteiger partial charge >= 0.3 is 6.01 Å². The summed E-state index contributed by atoms with van der Waals surface area (Å²) < 4.78 is 54.2. The summed E-state index contributed by atoms with van der Waals surface area (Å²) in [5, 5.41) is 25.2. The summed E-state index contributed by atoms with van der Waals surface area (Å²) in [5.41, 5.74) is -1.66. The van der Waals surface area contributed by atoms with E-state index < -0.39 is 28.6 Å². The van der Waals surface area contributed by atoms with Crippen molar-refractivity contribution in [1.29, 1.82) is 0 Å². The smallest absolute Gasteiger partial charge is 0.319 e. The Morgan fingerprint density at radius 2 is 1.83 bits per heavy atom. The SMILES string of the molecule is C#Cc1c(F)ccc2cc(O)cc(-c3c(F)cc4c(N5CC6CCC(C5)N6)nc(OCC5(CN6CCC(C)(O)C6)CC5)nc4c3F)c12. The third-order valence-electron chi connectivity index (χ3n) is 10.4. The quantitative estimate of drug-likeness (QED) is 0.240. The number of phenols is 1. The van der Waals surface area contributed by atoms with Crippen LogP contribution in [0.4, 0.5) is 19.0 Å². The van der Waals surface area contributed by atoms with E-state index in [9.17, 15) is 14.6 Å². The molecule has 1 aromatic heterocycles. The van der Waals surface area contributed by atoms with Crippen molar-refractivity contribution in [2.75, 3.05) is 44.2 Å². The van der Waals surface area contributed by atoms with Gasteiger partial charge < -0.3 is 25.2 Å². The number of ether oxygens (including phenoxy) is 1. The number of β-amino-alcohol motifs (C(OH)–C–C–N with tert-alkyl or cyclic N) is 1. The monoisotopic (exact) mass is 643 g/mol. The van der Waals surface area contributed by atoms with Gasteiger partial charge in [0.2, 0.25) is 0 Å². The first-order valence-corrected chi connectivity index (χ1v) is 16.2. The molecule has 0 spiro atoms. The molecular weight excluding hydrogens is 607 g/mol. The molecule has 3 saturated heterocycles. The van der Waals surface area contributed by atoms with Crippen LogP contribution in [0, 0.1) is 35.2 Å². The van der Waals surface area contributed by atoms with Crippen molar-refractivity contribution in [3.8, 4) is 35.2 Å². The largest absolute Gasteiger partial charge is 0.508 e. The molecule has 3 aliphatic heterocycles. The lowest BCUT2D eigenvalue weighted by Crippen LogP contribution is -2.51. The zero-order chi connectivity index (χ0) is 32.7. The Kier molecular flexibility index (Phi) is 7.06. The predicted molar refractivity (Wildman–Crippen MR) is 173 cm³/mol. The van der Waals surface area contributed by atoms with Gasteiger partial charge in [-0.1, -0.05) is 12.0 Å². The molecule has 3 unspecified atom stereocenters. The van der Waals surface area contributed by atoms with Crippen molar-refractivity contribution in [3.63, 3.8) is 0 Å². The lowest BCUT2D eigenvalue weighted by molar-refractivity contribution is 0.0634. The van der Waals surface area contributed by atoms with Crippen LogP contribution in [0.5, 0.6) is 11.8 Å². The molecule has 1 aliphatic carbocycles. The highest BCUT2D eigenvalue weighted by Crippen LogP contribution is 2.48. The predicted octanol–water partition coefficient (Wildman–Crippen LogP) is 5.11. The maximum atomic E-state index is 16.9. The van der Waals surface area contributed by atoms with Crippen molar-refractivity contribution in [1.82, 2.24) is 20.2 Å². The lowest BCUT2D eigenvalue weighted by Gasteiger charge is -2.34. The zero-order valence-corrected chi connectivity index (χ0v) is 26.1. The van der Waals surface area contributed by atoms with Crippen LogP contribution < -0.4 is 15.0 Å². The molecule has 3 N–H and O–H groups in total. The van der Waals surface area contributed by atoms with E-state index in [1.54, 1.807) is 0 Å². The summed E-state index contributed by atoms with van der Waals surface area (Å²) in [7, 11) is 0. The molecule has 4 aliphatic rings. The molecule has 47 heavy (non-hydrogen) atoms. The molecule has 0 amide bonds. The van der Waals surface area contributed by atoms with Crippen LogP contribution in [0.2, 0.25) is 0 Å². The number of anilines is 1. The summed E-state index contributed by atoms with van der Waals surface area (Å²) in [6.07, 6.45) is 10.3. The van der Waals surface area contributed by atoms with Crippen molar-refractivity contribution in [2.24, 2.45) is 5.41 Å². The van der Waals surface area contributed by atoms with Crippen LogP contribution in [0.25, 0.3) is 32.8 Å². The molecule has 3 atom stereocenters. The second-order valence-corrected chi connectivity index (χ2v) is 14.2. The molecule has 8 rings (SSSR count). The molecule has 244 valence electrons. The number of rotatable bonds is 7. The number of fused-ring (bicyclic) bond motifs is 4. The number of phenolic OH excluding ortho intramolecular Hbond substituents is 1. The van der Waals surface area contributed by atoms with Gasteiger partial charge in [0.05, 0.1) is 23.3 Å². The van der Waals surface area contributed by atoms with Gasteiger partial charge in [-0.2, -0.15) is 9.97 Å². The maximum Gasteiger partial charge on any atom is 0.319 e. The average Bonchev–Trinajstić information content (AvgIpc) is 3.59. The first-order chi connectivity index (χ1) is 22.5. The highest BCUT2D eigenvalue weighted by atomic mass is 19.1. The van der Waals surface area contributed by atoms with Crippen molar-refractivity contribution in [3.05, 3.63) is 53.3 Å². The summed E-state index contributed by atoms with van der Waals surface area (Å²) >= 11 is 0. The fourth-order valence-electron chi connectivity index (χ4n) is 7.84. The average molecular weight is 644 g/mol. The van der Waals surface area contributed by atoms with E-state index in [1.807, 2.05) is 11.8 Å². The number of likely N-dealkylation sites (tertiary alicyclic amines) is 1. The number of aliphatic hydroxyl groups is 1. The Morgan fingerprint density at radius 3 is 2.51 bits per heavy atom. The zero-order valence-electron chi connectivity index (χ0n) is 26.1. The molecular formula is C36H36F3N5O3. The topological polar surface area (TPSA) is 94.0 Å². The fourth-order valence-corrected chi connectivity index (χ4v) is 7.84. The Hall–Kier alpha value is -4.11. The number of halogens is 3. The van der Waals surface area contributed by atoms with Gasteiger partial charge in [-0.15, -0.1) is 6.42 Å². The van der Waals surface area contributed by atoms with E-state index in [4.69, 9.17) is 16.1 Å². The van der Waals surface area contributed by atoms with E-state index in [-0.39, 0.29) is 56.7 Å². The standard InChI is InChI=1S/C36H36F3N5O3/c1-3-24-27(37)7-4-20-12-23(45)13-25(29(20)24)30-28(38)14-26-32(31(30)39)41-34(42-33(26)44-15-21-5-6-22(16-44)40-21)47-19-36(8-9-36)18-43-11-10-35(2,46)17-43/h1,4,7,12-14,21-22,40,45-46H,5-6,8-11,15-19H2,2H3. The van der Waals surface area contributed by atoms with E-state index in [0.717, 1.165) is 51.3 Å².